The maximum atomic E-state index is 12.1. The highest BCUT2D eigenvalue weighted by Crippen LogP contribution is 2.44. The van der Waals surface area contributed by atoms with Crippen LogP contribution < -0.4 is 5.32 Å². The van der Waals surface area contributed by atoms with Crippen molar-refractivity contribution >= 4 is 16.7 Å². The van der Waals surface area contributed by atoms with Crippen molar-refractivity contribution in [3.63, 3.8) is 0 Å². The van der Waals surface area contributed by atoms with E-state index < -0.39 is 0 Å². The Bertz CT molecular complexity index is 691. The quantitative estimate of drug-likeness (QED) is 0.698. The average molecular weight is 235 g/mol. The molecule has 0 saturated carbocycles. The molecule has 1 heterocycles. The fourth-order valence-electron chi connectivity index (χ4n) is 3.28. The number of nitrogens with one attached hydrogen (secondary N) is 1. The molecule has 1 amide bonds. The van der Waals surface area contributed by atoms with Gasteiger partial charge in [-0.15, -0.1) is 0 Å². The molecule has 0 atom stereocenters. The molecule has 88 valence electrons. The molecule has 1 N–H and O–H groups in total. The summed E-state index contributed by atoms with van der Waals surface area (Å²) in [5, 5.41) is 5.60. The Morgan fingerprint density at radius 3 is 2.61 bits per heavy atom. The highest BCUT2D eigenvalue weighted by atomic mass is 16.2. The van der Waals surface area contributed by atoms with Crippen LogP contribution in [-0.4, -0.2) is 5.91 Å². The maximum absolute atomic E-state index is 12.1. The fourth-order valence-corrected chi connectivity index (χ4v) is 3.28. The lowest BCUT2D eigenvalue weighted by atomic mass is 9.84. The summed E-state index contributed by atoms with van der Waals surface area (Å²) in [6, 6.07) is 12.3. The van der Waals surface area contributed by atoms with Crippen molar-refractivity contribution in [2.75, 3.05) is 0 Å². The number of amides is 1. The zero-order valence-electron chi connectivity index (χ0n) is 9.94. The van der Waals surface area contributed by atoms with Gasteiger partial charge in [-0.2, -0.15) is 0 Å². The minimum Gasteiger partial charge on any atom is -0.342 e. The number of hydrogen-bond donors (Lipinski definition) is 1. The molecule has 2 aliphatic rings. The van der Waals surface area contributed by atoms with E-state index in [0.29, 0.717) is 0 Å². The molecule has 0 fully saturated rings. The molecule has 1 aliphatic heterocycles. The molecule has 18 heavy (non-hydrogen) atoms. The van der Waals surface area contributed by atoms with Gasteiger partial charge in [-0.25, -0.2) is 0 Å². The third-order valence-electron chi connectivity index (χ3n) is 4.10. The molecule has 1 spiro atoms. The van der Waals surface area contributed by atoms with E-state index >= 15 is 0 Å². The Labute approximate surface area is 105 Å². The van der Waals surface area contributed by atoms with Crippen molar-refractivity contribution < 1.29 is 4.79 Å². The molecule has 0 saturated heterocycles. The van der Waals surface area contributed by atoms with Crippen molar-refractivity contribution in [1.29, 1.82) is 0 Å². The number of benzene rings is 2. The van der Waals surface area contributed by atoms with Gasteiger partial charge in [0.1, 0.15) is 0 Å². The molecular formula is C16H13NO. The van der Waals surface area contributed by atoms with Crippen LogP contribution in [0.1, 0.15) is 28.8 Å². The lowest BCUT2D eigenvalue weighted by Gasteiger charge is -2.25. The van der Waals surface area contributed by atoms with Crippen molar-refractivity contribution in [2.24, 2.45) is 0 Å². The Morgan fingerprint density at radius 1 is 1.00 bits per heavy atom. The van der Waals surface area contributed by atoms with Crippen LogP contribution in [0, 0.1) is 0 Å². The Hall–Kier alpha value is -2.09. The zero-order chi connectivity index (χ0) is 12.2. The van der Waals surface area contributed by atoms with Crippen LogP contribution in [0.5, 0.6) is 0 Å². The second kappa shape index (κ2) is 3.22. The predicted octanol–water partition coefficient (Wildman–Crippen LogP) is 3.13. The Kier molecular flexibility index (Phi) is 1.77. The minimum atomic E-state index is -0.187. The largest absolute Gasteiger partial charge is 0.342 e. The molecular weight excluding hydrogens is 222 g/mol. The van der Waals surface area contributed by atoms with Gasteiger partial charge in [-0.05, 0) is 35.2 Å². The zero-order valence-corrected chi connectivity index (χ0v) is 9.94. The molecule has 4 rings (SSSR count). The van der Waals surface area contributed by atoms with E-state index in [2.05, 4.69) is 29.6 Å². The monoisotopic (exact) mass is 235 g/mol. The molecule has 0 aromatic heterocycles. The molecule has 2 aromatic rings. The number of fused-ring (bicyclic) bond motifs is 4. The lowest BCUT2D eigenvalue weighted by Crippen LogP contribution is -2.36. The van der Waals surface area contributed by atoms with Crippen LogP contribution in [0.2, 0.25) is 0 Å². The average Bonchev–Trinajstić information content (AvgIpc) is 2.97. The van der Waals surface area contributed by atoms with Gasteiger partial charge in [0.15, 0.2) is 0 Å². The van der Waals surface area contributed by atoms with E-state index in [1.54, 1.807) is 0 Å². The van der Waals surface area contributed by atoms with Gasteiger partial charge in [-0.1, -0.05) is 42.5 Å². The van der Waals surface area contributed by atoms with Gasteiger partial charge in [0.2, 0.25) is 0 Å². The van der Waals surface area contributed by atoms with Crippen LogP contribution in [0.15, 0.2) is 48.6 Å². The summed E-state index contributed by atoms with van der Waals surface area (Å²) in [5.74, 6) is 0.0689. The number of hydrogen-bond acceptors (Lipinski definition) is 1. The van der Waals surface area contributed by atoms with Crippen LogP contribution in [0.25, 0.3) is 10.8 Å². The first-order valence-corrected chi connectivity index (χ1v) is 6.30. The van der Waals surface area contributed by atoms with E-state index in [0.717, 1.165) is 18.4 Å². The van der Waals surface area contributed by atoms with Gasteiger partial charge in [-0.3, -0.25) is 4.79 Å². The fraction of sp³-hybridized carbons (Fsp3) is 0.188. The first kappa shape index (κ1) is 9.89. The number of carbonyl (C=O) groups is 1. The second-order valence-electron chi connectivity index (χ2n) is 5.13. The standard InChI is InChI=1S/C16H13NO/c18-15-13-8-7-11-5-1-2-6-12(11)14(13)16(17-15)9-3-4-10-16/h1-8H,9-10H2,(H,17,18). The molecule has 0 unspecified atom stereocenters. The van der Waals surface area contributed by atoms with Crippen LogP contribution in [0.4, 0.5) is 0 Å². The summed E-state index contributed by atoms with van der Waals surface area (Å²) >= 11 is 0. The van der Waals surface area contributed by atoms with E-state index in [1.165, 1.54) is 16.3 Å². The molecule has 2 nitrogen and oxygen atoms in total. The third-order valence-corrected chi connectivity index (χ3v) is 4.10. The molecule has 0 bridgehead atoms. The van der Waals surface area contributed by atoms with Gasteiger partial charge in [0, 0.05) is 5.56 Å². The van der Waals surface area contributed by atoms with Gasteiger partial charge in [0.05, 0.1) is 5.54 Å². The summed E-state index contributed by atoms with van der Waals surface area (Å²) in [6.07, 6.45) is 6.13. The summed E-state index contributed by atoms with van der Waals surface area (Å²) in [5.41, 5.74) is 1.85. The predicted molar refractivity (Wildman–Crippen MR) is 71.5 cm³/mol. The SMILES string of the molecule is O=C1NC2(CC=CC2)c2c1ccc1ccccc21. The molecule has 0 radical (unpaired) electrons. The van der Waals surface area contributed by atoms with Gasteiger partial charge >= 0.3 is 0 Å². The highest BCUT2D eigenvalue weighted by molar-refractivity contribution is 6.06. The van der Waals surface area contributed by atoms with Crippen LogP contribution in [-0.2, 0) is 5.54 Å². The first-order chi connectivity index (χ1) is 8.80. The third kappa shape index (κ3) is 1.10. The van der Waals surface area contributed by atoms with Gasteiger partial charge in [0.25, 0.3) is 5.91 Å². The van der Waals surface area contributed by atoms with E-state index in [-0.39, 0.29) is 11.4 Å². The first-order valence-electron chi connectivity index (χ1n) is 6.30. The summed E-state index contributed by atoms with van der Waals surface area (Å²) in [6.45, 7) is 0. The van der Waals surface area contributed by atoms with Crippen molar-refractivity contribution in [2.45, 2.75) is 18.4 Å². The van der Waals surface area contributed by atoms with Crippen molar-refractivity contribution in [3.05, 3.63) is 59.7 Å². The Morgan fingerprint density at radius 2 is 1.78 bits per heavy atom. The van der Waals surface area contributed by atoms with E-state index in [1.807, 2.05) is 24.3 Å². The topological polar surface area (TPSA) is 29.1 Å². The van der Waals surface area contributed by atoms with E-state index in [9.17, 15) is 4.79 Å². The minimum absolute atomic E-state index is 0.0689. The Balaban J connectivity index is 2.10. The van der Waals surface area contributed by atoms with Gasteiger partial charge < -0.3 is 5.32 Å². The highest BCUT2D eigenvalue weighted by Gasteiger charge is 2.43. The molecule has 2 aromatic carbocycles. The smallest absolute Gasteiger partial charge is 0.252 e. The molecule has 1 aliphatic carbocycles. The van der Waals surface area contributed by atoms with Crippen LogP contribution in [0.3, 0.4) is 0 Å². The van der Waals surface area contributed by atoms with E-state index in [4.69, 9.17) is 0 Å². The summed E-state index contributed by atoms with van der Waals surface area (Å²) in [7, 11) is 0. The summed E-state index contributed by atoms with van der Waals surface area (Å²) in [4.78, 5) is 12.1. The van der Waals surface area contributed by atoms with Crippen LogP contribution >= 0.6 is 0 Å². The number of carbonyl (C=O) groups excluding carboxylic acids is 1. The number of rotatable bonds is 0. The summed E-state index contributed by atoms with van der Waals surface area (Å²) < 4.78 is 0. The van der Waals surface area contributed by atoms with Crippen molar-refractivity contribution in [3.8, 4) is 0 Å². The van der Waals surface area contributed by atoms with Crippen molar-refractivity contribution in [1.82, 2.24) is 5.32 Å². The maximum Gasteiger partial charge on any atom is 0.252 e. The second-order valence-corrected chi connectivity index (χ2v) is 5.13. The molecule has 2 heteroatoms. The lowest BCUT2D eigenvalue weighted by molar-refractivity contribution is 0.0933. The normalized spacial score (nSPS) is 19.4.